The molecule has 1 aliphatic carbocycles. The van der Waals surface area contributed by atoms with Crippen LogP contribution in [0.3, 0.4) is 0 Å². The summed E-state index contributed by atoms with van der Waals surface area (Å²) in [6, 6.07) is 0.778. The Morgan fingerprint density at radius 2 is 2.07 bits per heavy atom. The van der Waals surface area contributed by atoms with E-state index in [2.05, 4.69) is 19.2 Å². The summed E-state index contributed by atoms with van der Waals surface area (Å²) < 4.78 is 10.8. The van der Waals surface area contributed by atoms with Crippen LogP contribution in [0.25, 0.3) is 0 Å². The van der Waals surface area contributed by atoms with E-state index in [9.17, 15) is 0 Å². The van der Waals surface area contributed by atoms with E-state index in [4.69, 9.17) is 9.47 Å². The second kappa shape index (κ2) is 5.83. The van der Waals surface area contributed by atoms with Crippen molar-refractivity contribution in [3.05, 3.63) is 0 Å². The number of hydrogen-bond acceptors (Lipinski definition) is 3. The average molecular weight is 215 g/mol. The zero-order valence-corrected chi connectivity index (χ0v) is 10.5. The van der Waals surface area contributed by atoms with E-state index in [1.807, 2.05) is 6.92 Å². The van der Waals surface area contributed by atoms with Gasteiger partial charge in [0, 0.05) is 25.1 Å². The van der Waals surface area contributed by atoms with E-state index in [0.29, 0.717) is 6.61 Å². The molecule has 3 heteroatoms. The Kier molecular flexibility index (Phi) is 5.03. The minimum absolute atomic E-state index is 0.190. The minimum Gasteiger partial charge on any atom is -0.382 e. The van der Waals surface area contributed by atoms with Crippen molar-refractivity contribution >= 4 is 0 Å². The van der Waals surface area contributed by atoms with Crippen LogP contribution in [0, 0.1) is 5.41 Å². The Hall–Kier alpha value is -0.120. The number of methoxy groups -OCH3 is 1. The van der Waals surface area contributed by atoms with Crippen LogP contribution in [0.2, 0.25) is 0 Å². The van der Waals surface area contributed by atoms with Crippen molar-refractivity contribution in [2.45, 2.75) is 45.8 Å². The van der Waals surface area contributed by atoms with Gasteiger partial charge in [-0.2, -0.15) is 0 Å². The lowest BCUT2D eigenvalue weighted by Crippen LogP contribution is -2.35. The zero-order valence-electron chi connectivity index (χ0n) is 10.5. The van der Waals surface area contributed by atoms with Crippen molar-refractivity contribution in [2.75, 3.05) is 26.9 Å². The molecular weight excluding hydrogens is 190 g/mol. The Labute approximate surface area is 93.5 Å². The lowest BCUT2D eigenvalue weighted by atomic mass is 9.95. The molecule has 0 spiro atoms. The molecule has 0 radical (unpaired) electrons. The maximum atomic E-state index is 5.73. The van der Waals surface area contributed by atoms with Crippen molar-refractivity contribution in [3.8, 4) is 0 Å². The molecule has 90 valence electrons. The quantitative estimate of drug-likeness (QED) is 0.670. The van der Waals surface area contributed by atoms with E-state index in [0.717, 1.165) is 19.2 Å². The Morgan fingerprint density at radius 1 is 1.40 bits per heavy atom. The summed E-state index contributed by atoms with van der Waals surface area (Å²) in [5.74, 6) is 0. The van der Waals surface area contributed by atoms with Crippen LogP contribution in [0.1, 0.15) is 33.6 Å². The number of rotatable bonds is 8. The lowest BCUT2D eigenvalue weighted by molar-refractivity contribution is -0.0246. The predicted molar refractivity (Wildman–Crippen MR) is 62.1 cm³/mol. The molecule has 15 heavy (non-hydrogen) atoms. The summed E-state index contributed by atoms with van der Waals surface area (Å²) in [6.45, 7) is 9.03. The molecule has 1 atom stereocenters. The molecule has 1 rings (SSSR count). The molecule has 0 bridgehead atoms. The van der Waals surface area contributed by atoms with Gasteiger partial charge in [-0.15, -0.1) is 0 Å². The van der Waals surface area contributed by atoms with Crippen LogP contribution in [0.4, 0.5) is 0 Å². The normalized spacial score (nSPS) is 19.2. The second-order valence-corrected chi connectivity index (χ2v) is 5.40. The van der Waals surface area contributed by atoms with Gasteiger partial charge < -0.3 is 14.8 Å². The van der Waals surface area contributed by atoms with Gasteiger partial charge in [-0.05, 0) is 19.8 Å². The monoisotopic (exact) mass is 215 g/mol. The number of hydrogen-bond donors (Lipinski definition) is 1. The highest BCUT2D eigenvalue weighted by molar-refractivity contribution is 4.84. The fourth-order valence-electron chi connectivity index (χ4n) is 1.41. The summed E-state index contributed by atoms with van der Waals surface area (Å²) in [5, 5.41) is 3.54. The van der Waals surface area contributed by atoms with Gasteiger partial charge in [-0.25, -0.2) is 0 Å². The predicted octanol–water partition coefficient (Wildman–Crippen LogP) is 1.82. The maximum absolute atomic E-state index is 5.73. The summed E-state index contributed by atoms with van der Waals surface area (Å²) in [7, 11) is 1.71. The molecule has 0 saturated heterocycles. The Balaban J connectivity index is 2.10. The molecule has 0 aromatic rings. The number of ether oxygens (including phenoxy) is 2. The third-order valence-electron chi connectivity index (χ3n) is 2.61. The standard InChI is InChI=1S/C12H25NO2/c1-10(7-14-4)15-9-12(2,3)8-13-11-5-6-11/h10-11,13H,5-9H2,1-4H3. The van der Waals surface area contributed by atoms with Gasteiger partial charge >= 0.3 is 0 Å². The van der Waals surface area contributed by atoms with Gasteiger partial charge in [0.15, 0.2) is 0 Å². The zero-order chi connectivity index (χ0) is 11.3. The summed E-state index contributed by atoms with van der Waals surface area (Å²) >= 11 is 0. The van der Waals surface area contributed by atoms with Crippen molar-refractivity contribution in [1.29, 1.82) is 0 Å². The smallest absolute Gasteiger partial charge is 0.0780 e. The highest BCUT2D eigenvalue weighted by atomic mass is 16.5. The molecule has 1 unspecified atom stereocenters. The molecule has 0 aromatic carbocycles. The Morgan fingerprint density at radius 3 is 2.60 bits per heavy atom. The first-order valence-corrected chi connectivity index (χ1v) is 5.87. The van der Waals surface area contributed by atoms with Gasteiger partial charge in [0.1, 0.15) is 0 Å². The molecule has 1 fully saturated rings. The van der Waals surface area contributed by atoms with Crippen molar-refractivity contribution in [1.82, 2.24) is 5.32 Å². The van der Waals surface area contributed by atoms with E-state index >= 15 is 0 Å². The van der Waals surface area contributed by atoms with Crippen LogP contribution < -0.4 is 5.32 Å². The third kappa shape index (κ3) is 6.13. The van der Waals surface area contributed by atoms with Gasteiger partial charge in [0.05, 0.1) is 19.3 Å². The highest BCUT2D eigenvalue weighted by Crippen LogP contribution is 2.22. The van der Waals surface area contributed by atoms with E-state index in [-0.39, 0.29) is 11.5 Å². The van der Waals surface area contributed by atoms with Crippen LogP contribution >= 0.6 is 0 Å². The van der Waals surface area contributed by atoms with Gasteiger partial charge in [-0.1, -0.05) is 13.8 Å². The van der Waals surface area contributed by atoms with E-state index in [1.165, 1.54) is 12.8 Å². The molecule has 1 aliphatic rings. The largest absolute Gasteiger partial charge is 0.382 e. The fourth-order valence-corrected chi connectivity index (χ4v) is 1.41. The van der Waals surface area contributed by atoms with Gasteiger partial charge in [0.25, 0.3) is 0 Å². The second-order valence-electron chi connectivity index (χ2n) is 5.40. The van der Waals surface area contributed by atoms with E-state index < -0.39 is 0 Å². The SMILES string of the molecule is COCC(C)OCC(C)(C)CNC1CC1. The van der Waals surface area contributed by atoms with Gasteiger partial charge in [0.2, 0.25) is 0 Å². The van der Waals surface area contributed by atoms with E-state index in [1.54, 1.807) is 7.11 Å². The first kappa shape index (κ1) is 12.9. The topological polar surface area (TPSA) is 30.5 Å². The molecular formula is C12H25NO2. The summed E-state index contributed by atoms with van der Waals surface area (Å²) in [5.41, 5.74) is 0.213. The molecule has 0 aliphatic heterocycles. The molecule has 0 amide bonds. The van der Waals surface area contributed by atoms with Crippen LogP contribution in [0.15, 0.2) is 0 Å². The van der Waals surface area contributed by atoms with Crippen molar-refractivity contribution in [2.24, 2.45) is 5.41 Å². The minimum atomic E-state index is 0.190. The van der Waals surface area contributed by atoms with Crippen LogP contribution in [-0.4, -0.2) is 39.0 Å². The molecule has 0 aromatic heterocycles. The number of nitrogens with one attached hydrogen (secondary N) is 1. The lowest BCUT2D eigenvalue weighted by Gasteiger charge is -2.26. The van der Waals surface area contributed by atoms with Crippen LogP contribution in [0.5, 0.6) is 0 Å². The average Bonchev–Trinajstić information content (AvgIpc) is 2.96. The van der Waals surface area contributed by atoms with Crippen LogP contribution in [-0.2, 0) is 9.47 Å². The Bertz CT molecular complexity index is 178. The van der Waals surface area contributed by atoms with Crippen molar-refractivity contribution in [3.63, 3.8) is 0 Å². The summed E-state index contributed by atoms with van der Waals surface area (Å²) in [6.07, 6.45) is 2.88. The third-order valence-corrected chi connectivity index (χ3v) is 2.61. The highest BCUT2D eigenvalue weighted by Gasteiger charge is 2.25. The fraction of sp³-hybridized carbons (Fsp3) is 1.00. The molecule has 3 nitrogen and oxygen atoms in total. The first-order valence-electron chi connectivity index (χ1n) is 5.87. The molecule has 1 N–H and O–H groups in total. The first-order chi connectivity index (χ1) is 7.03. The maximum Gasteiger partial charge on any atom is 0.0780 e. The summed E-state index contributed by atoms with van der Waals surface area (Å²) in [4.78, 5) is 0. The molecule has 0 heterocycles. The molecule has 1 saturated carbocycles. The van der Waals surface area contributed by atoms with Gasteiger partial charge in [-0.3, -0.25) is 0 Å². The van der Waals surface area contributed by atoms with Crippen molar-refractivity contribution < 1.29 is 9.47 Å².